The van der Waals surface area contributed by atoms with Crippen molar-refractivity contribution < 1.29 is 13.9 Å². The second-order valence-corrected chi connectivity index (χ2v) is 6.12. The maximum Gasteiger partial charge on any atom is 0.227 e. The molecule has 1 amide bonds. The van der Waals surface area contributed by atoms with Gasteiger partial charge in [-0.05, 0) is 31.4 Å². The highest BCUT2D eigenvalue weighted by Gasteiger charge is 2.21. The minimum Gasteiger partial charge on any atom is -0.495 e. The monoisotopic (exact) mass is 321 g/mol. The van der Waals surface area contributed by atoms with E-state index in [4.69, 9.17) is 9.15 Å². The molecule has 122 valence electrons. The fraction of sp³-hybridized carbons (Fsp3) is 0.250. The SMILES string of the molecule is COc1cc2c(cc1NC(=O)C1CC=CCC1)oc1ccccc12. The van der Waals surface area contributed by atoms with Crippen LogP contribution in [0.4, 0.5) is 5.69 Å². The van der Waals surface area contributed by atoms with Gasteiger partial charge in [-0.15, -0.1) is 0 Å². The van der Waals surface area contributed by atoms with E-state index in [-0.39, 0.29) is 11.8 Å². The summed E-state index contributed by atoms with van der Waals surface area (Å²) in [7, 11) is 1.61. The van der Waals surface area contributed by atoms with Crippen LogP contribution in [0.5, 0.6) is 5.75 Å². The molecule has 0 bridgehead atoms. The fourth-order valence-corrected chi connectivity index (χ4v) is 3.28. The smallest absolute Gasteiger partial charge is 0.227 e. The largest absolute Gasteiger partial charge is 0.495 e. The van der Waals surface area contributed by atoms with Crippen molar-refractivity contribution in [2.75, 3.05) is 12.4 Å². The summed E-state index contributed by atoms with van der Waals surface area (Å²) >= 11 is 0. The molecule has 1 atom stereocenters. The third-order valence-corrected chi connectivity index (χ3v) is 4.60. The normalized spacial score (nSPS) is 17.3. The number of hydrogen-bond acceptors (Lipinski definition) is 3. The van der Waals surface area contributed by atoms with E-state index in [1.807, 2.05) is 36.4 Å². The third kappa shape index (κ3) is 2.54. The van der Waals surface area contributed by atoms with E-state index in [9.17, 15) is 4.79 Å². The van der Waals surface area contributed by atoms with E-state index in [0.29, 0.717) is 11.4 Å². The van der Waals surface area contributed by atoms with Crippen molar-refractivity contribution in [2.45, 2.75) is 19.3 Å². The number of amides is 1. The van der Waals surface area contributed by atoms with Crippen molar-refractivity contribution >= 4 is 33.5 Å². The first-order valence-corrected chi connectivity index (χ1v) is 8.21. The lowest BCUT2D eigenvalue weighted by atomic mass is 9.93. The lowest BCUT2D eigenvalue weighted by Gasteiger charge is -2.18. The molecule has 24 heavy (non-hydrogen) atoms. The minimum atomic E-state index is 0.0195. The first-order valence-electron chi connectivity index (χ1n) is 8.21. The third-order valence-electron chi connectivity index (χ3n) is 4.60. The van der Waals surface area contributed by atoms with E-state index < -0.39 is 0 Å². The van der Waals surface area contributed by atoms with Gasteiger partial charge in [0.05, 0.1) is 12.8 Å². The standard InChI is InChI=1S/C20H19NO3/c1-23-19-11-15-14-9-5-6-10-17(14)24-18(15)12-16(19)21-20(22)13-7-3-2-4-8-13/h2-3,5-6,9-13H,4,7-8H2,1H3,(H,21,22). The number of anilines is 1. The number of benzene rings is 2. The zero-order chi connectivity index (χ0) is 16.5. The number of hydrogen-bond donors (Lipinski definition) is 1. The van der Waals surface area contributed by atoms with Gasteiger partial charge in [0.25, 0.3) is 0 Å². The maximum atomic E-state index is 12.5. The maximum absolute atomic E-state index is 12.5. The molecule has 3 aromatic rings. The van der Waals surface area contributed by atoms with E-state index in [2.05, 4.69) is 17.5 Å². The molecule has 1 heterocycles. The minimum absolute atomic E-state index is 0.0195. The number of nitrogens with one attached hydrogen (secondary N) is 1. The molecule has 1 aliphatic carbocycles. The van der Waals surface area contributed by atoms with E-state index in [0.717, 1.165) is 41.2 Å². The van der Waals surface area contributed by atoms with Crippen LogP contribution in [0.1, 0.15) is 19.3 Å². The molecule has 0 fully saturated rings. The van der Waals surface area contributed by atoms with Crippen molar-refractivity contribution in [1.82, 2.24) is 0 Å². The average Bonchev–Trinajstić information content (AvgIpc) is 2.99. The van der Waals surface area contributed by atoms with Gasteiger partial charge in [-0.2, -0.15) is 0 Å². The Morgan fingerprint density at radius 3 is 2.83 bits per heavy atom. The van der Waals surface area contributed by atoms with E-state index in [1.54, 1.807) is 7.11 Å². The number of carbonyl (C=O) groups is 1. The lowest BCUT2D eigenvalue weighted by molar-refractivity contribution is -0.120. The molecule has 1 N–H and O–H groups in total. The molecule has 4 heteroatoms. The van der Waals surface area contributed by atoms with Crippen LogP contribution >= 0.6 is 0 Å². The van der Waals surface area contributed by atoms with Crippen molar-refractivity contribution in [3.63, 3.8) is 0 Å². The number of carbonyl (C=O) groups excluding carboxylic acids is 1. The summed E-state index contributed by atoms with van der Waals surface area (Å²) in [5.74, 6) is 0.702. The molecule has 4 nitrogen and oxygen atoms in total. The molecular formula is C20H19NO3. The Balaban J connectivity index is 1.72. The second-order valence-electron chi connectivity index (χ2n) is 6.12. The highest BCUT2D eigenvalue weighted by Crippen LogP contribution is 2.36. The second kappa shape index (κ2) is 6.04. The zero-order valence-electron chi connectivity index (χ0n) is 13.5. The summed E-state index contributed by atoms with van der Waals surface area (Å²) in [5.41, 5.74) is 2.23. The van der Waals surface area contributed by atoms with E-state index in [1.165, 1.54) is 0 Å². The molecular weight excluding hydrogens is 302 g/mol. The van der Waals surface area contributed by atoms with Gasteiger partial charge < -0.3 is 14.5 Å². The number of ether oxygens (including phenoxy) is 1. The van der Waals surface area contributed by atoms with Gasteiger partial charge in [0.2, 0.25) is 5.91 Å². The lowest BCUT2D eigenvalue weighted by Crippen LogP contribution is -2.23. The Morgan fingerprint density at radius 2 is 2.04 bits per heavy atom. The zero-order valence-corrected chi connectivity index (χ0v) is 13.5. The van der Waals surface area contributed by atoms with Crippen LogP contribution in [-0.2, 0) is 4.79 Å². The molecule has 0 spiro atoms. The van der Waals surface area contributed by atoms with Crippen molar-refractivity contribution in [1.29, 1.82) is 0 Å². The Labute approximate surface area is 140 Å². The van der Waals surface area contributed by atoms with Gasteiger partial charge in [0.15, 0.2) is 0 Å². The van der Waals surface area contributed by atoms with Crippen LogP contribution < -0.4 is 10.1 Å². The van der Waals surface area contributed by atoms with Crippen LogP contribution in [0.2, 0.25) is 0 Å². The van der Waals surface area contributed by atoms with Crippen LogP contribution in [0, 0.1) is 5.92 Å². The summed E-state index contributed by atoms with van der Waals surface area (Å²) in [6, 6.07) is 11.7. The first-order chi connectivity index (χ1) is 11.8. The van der Waals surface area contributed by atoms with Gasteiger partial charge in [-0.3, -0.25) is 4.79 Å². The topological polar surface area (TPSA) is 51.5 Å². The Hall–Kier alpha value is -2.75. The molecule has 2 aromatic carbocycles. The number of para-hydroxylation sites is 1. The molecule has 0 aliphatic heterocycles. The molecule has 0 saturated heterocycles. The summed E-state index contributed by atoms with van der Waals surface area (Å²) in [6.45, 7) is 0. The molecule has 0 radical (unpaired) electrons. The molecule has 1 unspecified atom stereocenters. The van der Waals surface area contributed by atoms with Gasteiger partial charge in [-0.25, -0.2) is 0 Å². The van der Waals surface area contributed by atoms with Crippen molar-refractivity contribution in [3.8, 4) is 5.75 Å². The Kier molecular flexibility index (Phi) is 3.73. The summed E-state index contributed by atoms with van der Waals surface area (Å²) < 4.78 is 11.4. The Morgan fingerprint density at radius 1 is 1.17 bits per heavy atom. The molecule has 1 aliphatic rings. The van der Waals surface area contributed by atoms with Crippen LogP contribution in [0.3, 0.4) is 0 Å². The molecule has 4 rings (SSSR count). The highest BCUT2D eigenvalue weighted by atomic mass is 16.5. The van der Waals surface area contributed by atoms with Crippen LogP contribution in [-0.4, -0.2) is 13.0 Å². The van der Waals surface area contributed by atoms with Gasteiger partial charge >= 0.3 is 0 Å². The molecule has 0 saturated carbocycles. The predicted molar refractivity (Wildman–Crippen MR) is 95.4 cm³/mol. The quantitative estimate of drug-likeness (QED) is 0.699. The number of allylic oxidation sites excluding steroid dienone is 2. The van der Waals surface area contributed by atoms with Crippen molar-refractivity contribution in [3.05, 3.63) is 48.6 Å². The van der Waals surface area contributed by atoms with Gasteiger partial charge in [0.1, 0.15) is 16.9 Å². The fourth-order valence-electron chi connectivity index (χ4n) is 3.28. The predicted octanol–water partition coefficient (Wildman–Crippen LogP) is 4.89. The van der Waals surface area contributed by atoms with Gasteiger partial charge in [0, 0.05) is 22.8 Å². The van der Waals surface area contributed by atoms with Crippen LogP contribution in [0.25, 0.3) is 21.9 Å². The average molecular weight is 321 g/mol. The number of fused-ring (bicyclic) bond motifs is 3. The van der Waals surface area contributed by atoms with Gasteiger partial charge in [-0.1, -0.05) is 30.4 Å². The summed E-state index contributed by atoms with van der Waals surface area (Å²) in [5, 5.41) is 5.04. The van der Waals surface area contributed by atoms with Crippen LogP contribution in [0.15, 0.2) is 53.0 Å². The summed E-state index contributed by atoms with van der Waals surface area (Å²) in [6.07, 6.45) is 6.84. The molecule has 1 aromatic heterocycles. The highest BCUT2D eigenvalue weighted by molar-refractivity contribution is 6.07. The summed E-state index contributed by atoms with van der Waals surface area (Å²) in [4.78, 5) is 12.5. The number of rotatable bonds is 3. The number of methoxy groups -OCH3 is 1. The first kappa shape index (κ1) is 14.8. The van der Waals surface area contributed by atoms with E-state index >= 15 is 0 Å². The Bertz CT molecular complexity index is 939. The number of furan rings is 1. The van der Waals surface area contributed by atoms with Crippen molar-refractivity contribution in [2.24, 2.45) is 5.92 Å².